The molecule has 74 valence electrons. The van der Waals surface area contributed by atoms with E-state index in [1.807, 2.05) is 0 Å². The molecule has 0 aromatic rings. The fourth-order valence-electron chi connectivity index (χ4n) is 1.36. The van der Waals surface area contributed by atoms with Crippen molar-refractivity contribution in [1.82, 2.24) is 10.6 Å². The van der Waals surface area contributed by atoms with Gasteiger partial charge in [0.1, 0.15) is 0 Å². The maximum absolute atomic E-state index is 10.8. The number of carbonyl (C=O) groups is 1. The minimum Gasteiger partial charge on any atom is -0.352 e. The number of hydrogen-bond donors (Lipinski definition) is 2. The molecule has 1 aliphatic rings. The SMILES string of the molecule is CC(C)=CCNCC1CCC(=O)N1. The predicted octanol–water partition coefficient (Wildman–Crippen LogP) is 0.821. The molecule has 13 heavy (non-hydrogen) atoms. The first-order valence-electron chi connectivity index (χ1n) is 4.82. The fraction of sp³-hybridized carbons (Fsp3) is 0.700. The van der Waals surface area contributed by atoms with Crippen molar-refractivity contribution in [3.05, 3.63) is 11.6 Å². The molecule has 0 saturated carbocycles. The van der Waals surface area contributed by atoms with Crippen LogP contribution in [0.3, 0.4) is 0 Å². The first kappa shape index (κ1) is 10.3. The summed E-state index contributed by atoms with van der Waals surface area (Å²) in [4.78, 5) is 10.8. The highest BCUT2D eigenvalue weighted by Crippen LogP contribution is 2.04. The van der Waals surface area contributed by atoms with Crippen LogP contribution in [0.2, 0.25) is 0 Å². The van der Waals surface area contributed by atoms with Gasteiger partial charge in [-0.3, -0.25) is 4.79 Å². The van der Waals surface area contributed by atoms with E-state index in [0.29, 0.717) is 12.5 Å². The quantitative estimate of drug-likeness (QED) is 0.499. The summed E-state index contributed by atoms with van der Waals surface area (Å²) < 4.78 is 0. The van der Waals surface area contributed by atoms with Gasteiger partial charge in [0.15, 0.2) is 0 Å². The van der Waals surface area contributed by atoms with Crippen molar-refractivity contribution in [2.45, 2.75) is 32.7 Å². The van der Waals surface area contributed by atoms with Crippen LogP contribution in [-0.4, -0.2) is 25.0 Å². The molecule has 0 radical (unpaired) electrons. The third kappa shape index (κ3) is 4.08. The average Bonchev–Trinajstić information content (AvgIpc) is 2.45. The van der Waals surface area contributed by atoms with E-state index in [9.17, 15) is 4.79 Å². The van der Waals surface area contributed by atoms with Crippen LogP contribution in [0.4, 0.5) is 0 Å². The van der Waals surface area contributed by atoms with E-state index in [1.54, 1.807) is 0 Å². The van der Waals surface area contributed by atoms with E-state index < -0.39 is 0 Å². The molecule has 1 unspecified atom stereocenters. The molecule has 3 nitrogen and oxygen atoms in total. The normalized spacial score (nSPS) is 21.4. The van der Waals surface area contributed by atoms with E-state index in [2.05, 4.69) is 30.6 Å². The zero-order chi connectivity index (χ0) is 9.68. The molecule has 1 atom stereocenters. The molecule has 0 bridgehead atoms. The summed E-state index contributed by atoms with van der Waals surface area (Å²) in [6, 6.07) is 0.345. The van der Waals surface area contributed by atoms with Crippen LogP contribution in [0, 0.1) is 0 Å². The zero-order valence-electron chi connectivity index (χ0n) is 8.39. The molecule has 0 aliphatic carbocycles. The van der Waals surface area contributed by atoms with Crippen LogP contribution in [0.5, 0.6) is 0 Å². The van der Waals surface area contributed by atoms with Gasteiger partial charge in [-0.05, 0) is 20.3 Å². The fourth-order valence-corrected chi connectivity index (χ4v) is 1.36. The van der Waals surface area contributed by atoms with Crippen molar-refractivity contribution in [1.29, 1.82) is 0 Å². The molecule has 1 aliphatic heterocycles. The second-order valence-corrected chi connectivity index (χ2v) is 3.74. The lowest BCUT2D eigenvalue weighted by Gasteiger charge is -2.09. The monoisotopic (exact) mass is 182 g/mol. The summed E-state index contributed by atoms with van der Waals surface area (Å²) in [6.07, 6.45) is 3.81. The van der Waals surface area contributed by atoms with Crippen molar-refractivity contribution >= 4 is 5.91 Å². The molecule has 1 heterocycles. The van der Waals surface area contributed by atoms with Gasteiger partial charge >= 0.3 is 0 Å². The summed E-state index contributed by atoms with van der Waals surface area (Å²) in [5.41, 5.74) is 1.32. The smallest absolute Gasteiger partial charge is 0.220 e. The molecule has 3 heteroatoms. The van der Waals surface area contributed by atoms with E-state index in [0.717, 1.165) is 19.5 Å². The van der Waals surface area contributed by atoms with Crippen LogP contribution < -0.4 is 10.6 Å². The van der Waals surface area contributed by atoms with Crippen LogP contribution >= 0.6 is 0 Å². The average molecular weight is 182 g/mol. The summed E-state index contributed by atoms with van der Waals surface area (Å²) in [7, 11) is 0. The highest BCUT2D eigenvalue weighted by atomic mass is 16.1. The van der Waals surface area contributed by atoms with Crippen LogP contribution in [0.25, 0.3) is 0 Å². The number of allylic oxidation sites excluding steroid dienone is 1. The first-order valence-corrected chi connectivity index (χ1v) is 4.82. The molecule has 1 amide bonds. The summed E-state index contributed by atoms with van der Waals surface area (Å²) in [6.45, 7) is 5.95. The molecular weight excluding hydrogens is 164 g/mol. The van der Waals surface area contributed by atoms with Gasteiger partial charge in [-0.15, -0.1) is 0 Å². The van der Waals surface area contributed by atoms with E-state index in [4.69, 9.17) is 0 Å². The highest BCUT2D eigenvalue weighted by Gasteiger charge is 2.19. The number of rotatable bonds is 4. The van der Waals surface area contributed by atoms with Gasteiger partial charge in [-0.1, -0.05) is 11.6 Å². The molecule has 1 fully saturated rings. The van der Waals surface area contributed by atoms with Gasteiger partial charge in [-0.25, -0.2) is 0 Å². The Morgan fingerprint density at radius 3 is 3.00 bits per heavy atom. The third-order valence-electron chi connectivity index (χ3n) is 2.13. The number of hydrogen-bond acceptors (Lipinski definition) is 2. The minimum atomic E-state index is 0.189. The van der Waals surface area contributed by atoms with E-state index in [-0.39, 0.29) is 5.91 Å². The van der Waals surface area contributed by atoms with Crippen molar-refractivity contribution in [2.75, 3.05) is 13.1 Å². The number of amides is 1. The Balaban J connectivity index is 2.06. The second kappa shape index (κ2) is 5.02. The lowest BCUT2D eigenvalue weighted by Crippen LogP contribution is -2.35. The maximum Gasteiger partial charge on any atom is 0.220 e. The van der Waals surface area contributed by atoms with Gasteiger partial charge in [0.2, 0.25) is 5.91 Å². The predicted molar refractivity (Wildman–Crippen MR) is 53.5 cm³/mol. The molecule has 0 spiro atoms. The Bertz CT molecular complexity index is 207. The van der Waals surface area contributed by atoms with Crippen LogP contribution in [0.1, 0.15) is 26.7 Å². The molecule has 0 aromatic carbocycles. The Kier molecular flexibility index (Phi) is 3.96. The van der Waals surface area contributed by atoms with Gasteiger partial charge in [-0.2, -0.15) is 0 Å². The molecule has 1 rings (SSSR count). The van der Waals surface area contributed by atoms with Gasteiger partial charge in [0.25, 0.3) is 0 Å². The Morgan fingerprint density at radius 2 is 2.46 bits per heavy atom. The third-order valence-corrected chi connectivity index (χ3v) is 2.13. The molecule has 0 aromatic heterocycles. The summed E-state index contributed by atoms with van der Waals surface area (Å²) in [5.74, 6) is 0.189. The number of nitrogens with one attached hydrogen (secondary N) is 2. The lowest BCUT2D eigenvalue weighted by atomic mass is 10.2. The van der Waals surface area contributed by atoms with Gasteiger partial charge < -0.3 is 10.6 Å². The Labute approximate surface area is 79.6 Å². The van der Waals surface area contributed by atoms with Crippen LogP contribution in [0.15, 0.2) is 11.6 Å². The maximum atomic E-state index is 10.8. The van der Waals surface area contributed by atoms with Crippen LogP contribution in [-0.2, 0) is 4.79 Å². The van der Waals surface area contributed by atoms with Crippen molar-refractivity contribution in [2.24, 2.45) is 0 Å². The van der Waals surface area contributed by atoms with Gasteiger partial charge in [0, 0.05) is 25.6 Å². The minimum absolute atomic E-state index is 0.189. The van der Waals surface area contributed by atoms with E-state index >= 15 is 0 Å². The van der Waals surface area contributed by atoms with Crippen molar-refractivity contribution in [3.63, 3.8) is 0 Å². The zero-order valence-corrected chi connectivity index (χ0v) is 8.39. The standard InChI is InChI=1S/C10H18N2O/c1-8(2)5-6-11-7-9-3-4-10(13)12-9/h5,9,11H,3-4,6-7H2,1-2H3,(H,12,13). The van der Waals surface area contributed by atoms with E-state index in [1.165, 1.54) is 5.57 Å². The first-order chi connectivity index (χ1) is 6.18. The largest absolute Gasteiger partial charge is 0.352 e. The second-order valence-electron chi connectivity index (χ2n) is 3.74. The Hall–Kier alpha value is -0.830. The lowest BCUT2D eigenvalue weighted by molar-refractivity contribution is -0.119. The molecule has 2 N–H and O–H groups in total. The van der Waals surface area contributed by atoms with Crippen molar-refractivity contribution < 1.29 is 4.79 Å². The summed E-state index contributed by atoms with van der Waals surface area (Å²) >= 11 is 0. The topological polar surface area (TPSA) is 41.1 Å². The molecular formula is C10H18N2O. The van der Waals surface area contributed by atoms with Gasteiger partial charge in [0.05, 0.1) is 0 Å². The highest BCUT2D eigenvalue weighted by molar-refractivity contribution is 5.78. The Morgan fingerprint density at radius 1 is 1.69 bits per heavy atom. The van der Waals surface area contributed by atoms with Crippen molar-refractivity contribution in [3.8, 4) is 0 Å². The molecule has 1 saturated heterocycles. The number of carbonyl (C=O) groups excluding carboxylic acids is 1. The summed E-state index contributed by atoms with van der Waals surface area (Å²) in [5, 5.41) is 6.21.